The number of benzene rings is 1. The second-order valence-corrected chi connectivity index (χ2v) is 6.60. The fourth-order valence-electron chi connectivity index (χ4n) is 1.68. The smallest absolute Gasteiger partial charge is 0.328 e. The fraction of sp³-hybridized carbons (Fsp3) is 0.154. The average Bonchev–Trinajstić information content (AvgIpc) is 2.45. The van der Waals surface area contributed by atoms with E-state index in [2.05, 4.69) is 10.3 Å². The van der Waals surface area contributed by atoms with Crippen LogP contribution in [0.1, 0.15) is 16.5 Å². The van der Waals surface area contributed by atoms with E-state index in [0.717, 1.165) is 16.7 Å². The summed E-state index contributed by atoms with van der Waals surface area (Å²) in [5.41, 5.74) is -0.546. The van der Waals surface area contributed by atoms with Crippen molar-refractivity contribution in [2.75, 3.05) is 0 Å². The lowest BCUT2D eigenvalue weighted by molar-refractivity contribution is 0.0919. The van der Waals surface area contributed by atoms with Gasteiger partial charge in [-0.3, -0.25) is 9.36 Å². The maximum Gasteiger partial charge on any atom is 0.349 e. The van der Waals surface area contributed by atoms with Crippen LogP contribution in [0.4, 0.5) is 4.39 Å². The van der Waals surface area contributed by atoms with Crippen LogP contribution in [0.5, 0.6) is 0 Å². The van der Waals surface area contributed by atoms with E-state index in [4.69, 9.17) is 34.8 Å². The number of alkyl halides is 3. The molecule has 0 radical (unpaired) electrons. The first-order valence-corrected chi connectivity index (χ1v) is 7.09. The molecule has 1 amide bonds. The molecule has 1 aromatic carbocycles. The number of rotatable bonds is 3. The van der Waals surface area contributed by atoms with E-state index in [9.17, 15) is 14.0 Å². The molecule has 0 bridgehead atoms. The van der Waals surface area contributed by atoms with Crippen LogP contribution in [0.3, 0.4) is 0 Å². The van der Waals surface area contributed by atoms with Crippen molar-refractivity contribution in [3.8, 4) is 0 Å². The molecule has 0 aliphatic rings. The lowest BCUT2D eigenvalue weighted by Crippen LogP contribution is -2.44. The van der Waals surface area contributed by atoms with E-state index in [0.29, 0.717) is 0 Å². The average molecular weight is 365 g/mol. The van der Waals surface area contributed by atoms with Crippen molar-refractivity contribution in [2.45, 2.75) is 9.96 Å². The van der Waals surface area contributed by atoms with Gasteiger partial charge in [0.2, 0.25) is 3.79 Å². The van der Waals surface area contributed by atoms with Crippen molar-refractivity contribution < 1.29 is 9.18 Å². The molecule has 0 fully saturated rings. The van der Waals surface area contributed by atoms with Gasteiger partial charge in [-0.2, -0.15) is 0 Å². The number of hydrogen-bond donors (Lipinski definition) is 1. The Kier molecular flexibility index (Phi) is 5.05. The van der Waals surface area contributed by atoms with Gasteiger partial charge < -0.3 is 5.32 Å². The lowest BCUT2D eigenvalue weighted by Gasteiger charge is -2.26. The minimum Gasteiger partial charge on any atom is -0.328 e. The largest absolute Gasteiger partial charge is 0.349 e. The van der Waals surface area contributed by atoms with E-state index < -0.39 is 27.4 Å². The van der Waals surface area contributed by atoms with Gasteiger partial charge in [-0.1, -0.05) is 34.8 Å². The first kappa shape index (κ1) is 16.7. The SMILES string of the molecule is O=C(NC(n1cccnc1=O)C(Cl)(Cl)Cl)c1ccc(F)cc1. The van der Waals surface area contributed by atoms with Gasteiger partial charge in [-0.05, 0) is 30.3 Å². The maximum atomic E-state index is 12.9. The number of nitrogens with one attached hydrogen (secondary N) is 1. The molecule has 1 atom stereocenters. The van der Waals surface area contributed by atoms with Gasteiger partial charge in [0.05, 0.1) is 0 Å². The van der Waals surface area contributed by atoms with Gasteiger partial charge in [0.15, 0.2) is 6.17 Å². The summed E-state index contributed by atoms with van der Waals surface area (Å²) in [5.74, 6) is -1.12. The molecule has 22 heavy (non-hydrogen) atoms. The van der Waals surface area contributed by atoms with Crippen LogP contribution >= 0.6 is 34.8 Å². The number of carbonyl (C=O) groups excluding carboxylic acids is 1. The van der Waals surface area contributed by atoms with E-state index in [1.807, 2.05) is 0 Å². The third kappa shape index (κ3) is 3.97. The zero-order valence-corrected chi connectivity index (χ0v) is 13.1. The van der Waals surface area contributed by atoms with Crippen LogP contribution in [0.15, 0.2) is 47.5 Å². The summed E-state index contributed by atoms with van der Waals surface area (Å²) in [6.07, 6.45) is 1.32. The number of carbonyl (C=O) groups is 1. The molecule has 1 N–H and O–H groups in total. The summed E-state index contributed by atoms with van der Waals surface area (Å²) in [6, 6.07) is 6.23. The predicted octanol–water partition coefficient (Wildman–Crippen LogP) is 2.68. The normalized spacial score (nSPS) is 12.7. The minimum absolute atomic E-state index is 0.151. The quantitative estimate of drug-likeness (QED) is 0.852. The second kappa shape index (κ2) is 6.64. The van der Waals surface area contributed by atoms with Gasteiger partial charge >= 0.3 is 5.69 Å². The van der Waals surface area contributed by atoms with E-state index >= 15 is 0 Å². The molecule has 0 saturated carbocycles. The Labute approximate surface area is 139 Å². The Hall–Kier alpha value is -1.63. The molecule has 5 nitrogen and oxygen atoms in total. The molecule has 2 rings (SSSR count). The maximum absolute atomic E-state index is 12.9. The standard InChI is InChI=1S/C13H9Cl3FN3O2/c14-13(15,16)11(20-7-1-6-18-12(20)22)19-10(21)8-2-4-9(17)5-3-8/h1-7,11H,(H,19,21). The Morgan fingerprint density at radius 2 is 1.91 bits per heavy atom. The summed E-state index contributed by atoms with van der Waals surface area (Å²) in [6.45, 7) is 0. The second-order valence-electron chi connectivity index (χ2n) is 4.23. The van der Waals surface area contributed by atoms with Crippen molar-refractivity contribution in [1.29, 1.82) is 0 Å². The minimum atomic E-state index is -2.00. The molecular formula is C13H9Cl3FN3O2. The lowest BCUT2D eigenvalue weighted by atomic mass is 10.2. The highest BCUT2D eigenvalue weighted by molar-refractivity contribution is 6.67. The summed E-state index contributed by atoms with van der Waals surface area (Å²) in [4.78, 5) is 27.4. The fourth-order valence-corrected chi connectivity index (χ4v) is 2.16. The monoisotopic (exact) mass is 363 g/mol. The molecule has 116 valence electrons. The van der Waals surface area contributed by atoms with Gasteiger partial charge in [0, 0.05) is 18.0 Å². The summed E-state index contributed by atoms with van der Waals surface area (Å²) in [5, 5.41) is 2.42. The number of hydrogen-bond acceptors (Lipinski definition) is 3. The first-order chi connectivity index (χ1) is 10.3. The molecule has 9 heteroatoms. The Balaban J connectivity index is 2.32. The van der Waals surface area contributed by atoms with E-state index in [-0.39, 0.29) is 5.56 Å². The molecule has 0 aliphatic carbocycles. The number of amides is 1. The third-order valence-electron chi connectivity index (χ3n) is 2.70. The van der Waals surface area contributed by atoms with Crippen molar-refractivity contribution in [3.05, 3.63) is 64.6 Å². The number of nitrogens with zero attached hydrogens (tertiary/aromatic N) is 2. The highest BCUT2D eigenvalue weighted by Crippen LogP contribution is 2.36. The van der Waals surface area contributed by atoms with Crippen molar-refractivity contribution in [1.82, 2.24) is 14.9 Å². The van der Waals surface area contributed by atoms with Gasteiger partial charge in [0.25, 0.3) is 5.91 Å². The van der Waals surface area contributed by atoms with Crippen LogP contribution < -0.4 is 11.0 Å². The zero-order valence-electron chi connectivity index (χ0n) is 10.8. The van der Waals surface area contributed by atoms with Gasteiger partial charge in [0.1, 0.15) is 5.82 Å². The van der Waals surface area contributed by atoms with Crippen molar-refractivity contribution in [3.63, 3.8) is 0 Å². The molecule has 0 spiro atoms. The Morgan fingerprint density at radius 1 is 1.27 bits per heavy atom. The highest BCUT2D eigenvalue weighted by Gasteiger charge is 2.36. The summed E-state index contributed by atoms with van der Waals surface area (Å²) in [7, 11) is 0. The summed E-state index contributed by atoms with van der Waals surface area (Å²) < 4.78 is 11.9. The zero-order chi connectivity index (χ0) is 16.3. The van der Waals surface area contributed by atoms with Crippen LogP contribution in [0, 0.1) is 5.82 Å². The van der Waals surface area contributed by atoms with Crippen LogP contribution in [0.25, 0.3) is 0 Å². The van der Waals surface area contributed by atoms with Crippen LogP contribution in [0.2, 0.25) is 0 Å². The molecule has 1 unspecified atom stereocenters. The topological polar surface area (TPSA) is 64.0 Å². The van der Waals surface area contributed by atoms with E-state index in [1.165, 1.54) is 30.6 Å². The molecule has 1 heterocycles. The first-order valence-electron chi connectivity index (χ1n) is 5.95. The van der Waals surface area contributed by atoms with E-state index in [1.54, 1.807) is 0 Å². The van der Waals surface area contributed by atoms with Crippen molar-refractivity contribution >= 4 is 40.7 Å². The Bertz CT molecular complexity index is 728. The molecule has 0 saturated heterocycles. The molecule has 0 aliphatic heterocycles. The number of aromatic nitrogens is 2. The van der Waals surface area contributed by atoms with Crippen LogP contribution in [-0.2, 0) is 0 Å². The Morgan fingerprint density at radius 3 is 2.45 bits per heavy atom. The highest BCUT2D eigenvalue weighted by atomic mass is 35.6. The molecular weight excluding hydrogens is 356 g/mol. The number of halogens is 4. The third-order valence-corrected chi connectivity index (χ3v) is 3.32. The van der Waals surface area contributed by atoms with Gasteiger partial charge in [-0.25, -0.2) is 14.2 Å². The predicted molar refractivity (Wildman–Crippen MR) is 81.7 cm³/mol. The molecule has 2 aromatic rings. The van der Waals surface area contributed by atoms with Crippen molar-refractivity contribution in [2.24, 2.45) is 0 Å². The molecule has 1 aromatic heterocycles. The van der Waals surface area contributed by atoms with Gasteiger partial charge in [-0.15, -0.1) is 0 Å². The van der Waals surface area contributed by atoms with Crippen LogP contribution in [-0.4, -0.2) is 19.3 Å². The summed E-state index contributed by atoms with van der Waals surface area (Å²) >= 11 is 17.5.